The van der Waals surface area contributed by atoms with E-state index in [1.54, 1.807) is 23.7 Å². The van der Waals surface area contributed by atoms with Gasteiger partial charge in [-0.15, -0.1) is 0 Å². The van der Waals surface area contributed by atoms with Crippen molar-refractivity contribution in [2.75, 3.05) is 5.32 Å². The zero-order chi connectivity index (χ0) is 20.1. The van der Waals surface area contributed by atoms with Gasteiger partial charge in [0.1, 0.15) is 0 Å². The summed E-state index contributed by atoms with van der Waals surface area (Å²) < 4.78 is 40.0. The quantitative estimate of drug-likeness (QED) is 0.437. The van der Waals surface area contributed by atoms with Crippen LogP contribution in [-0.4, -0.2) is 31.1 Å². The number of nitrogens with one attached hydrogen (secondary N) is 1. The Hall–Kier alpha value is -2.79. The van der Waals surface area contributed by atoms with E-state index in [9.17, 15) is 18.0 Å². The number of aromatic carboxylic acids is 1. The molecule has 0 aliphatic carbocycles. The van der Waals surface area contributed by atoms with Gasteiger partial charge in [0.05, 0.1) is 26.8 Å². The third-order valence-electron chi connectivity index (χ3n) is 3.94. The molecule has 0 spiro atoms. The van der Waals surface area contributed by atoms with E-state index < -0.39 is 11.5 Å². The molecule has 0 atom stereocenters. The molecule has 2 N–H and O–H groups in total. The molecule has 0 bridgehead atoms. The summed E-state index contributed by atoms with van der Waals surface area (Å²) in [6, 6.07) is 9.00. The average Bonchev–Trinajstić information content (AvgIpc) is 3.13. The number of thiazole rings is 1. The highest BCUT2D eigenvalue weighted by Gasteiger charge is 2.29. The lowest BCUT2D eigenvalue weighted by Crippen LogP contribution is -1.98. The number of aryl methyl sites for hydroxylation is 1. The van der Waals surface area contributed by atoms with E-state index in [0.29, 0.717) is 26.8 Å². The number of aromatic nitrogens is 3. The van der Waals surface area contributed by atoms with Gasteiger partial charge in [-0.1, -0.05) is 11.3 Å². The molecule has 0 amide bonds. The summed E-state index contributed by atoms with van der Waals surface area (Å²) in [7, 11) is 1.77. The topological polar surface area (TPSA) is 80.0 Å². The van der Waals surface area contributed by atoms with Crippen molar-refractivity contribution < 1.29 is 23.1 Å². The second-order valence-electron chi connectivity index (χ2n) is 5.82. The average molecular weight is 424 g/mol. The number of carboxylic acid groups (broad SMARTS) is 1. The third kappa shape index (κ3) is 3.62. The van der Waals surface area contributed by atoms with Gasteiger partial charge in [0.2, 0.25) is 5.95 Å². The SMILES string of the molecule is Cn1c(Nc2nc3ccc(SC(F)(F)F)cc3s2)nc2cc(C(=O)O)ccc21. The fourth-order valence-electron chi connectivity index (χ4n) is 2.70. The summed E-state index contributed by atoms with van der Waals surface area (Å²) in [5, 5.41) is 12.6. The Labute approximate surface area is 164 Å². The Morgan fingerprint density at radius 2 is 1.96 bits per heavy atom. The molecule has 6 nitrogen and oxygen atoms in total. The van der Waals surface area contributed by atoms with Crippen LogP contribution in [0.25, 0.3) is 21.3 Å². The first kappa shape index (κ1) is 18.6. The molecule has 2 heterocycles. The molecule has 2 aromatic heterocycles. The van der Waals surface area contributed by atoms with Gasteiger partial charge >= 0.3 is 11.5 Å². The third-order valence-corrected chi connectivity index (χ3v) is 5.59. The number of rotatable bonds is 4. The smallest absolute Gasteiger partial charge is 0.446 e. The molecule has 11 heteroatoms. The van der Waals surface area contributed by atoms with Crippen LogP contribution in [0, 0.1) is 0 Å². The summed E-state index contributed by atoms with van der Waals surface area (Å²) in [6.07, 6.45) is 0. The van der Waals surface area contributed by atoms with Crippen LogP contribution in [0.4, 0.5) is 24.3 Å². The van der Waals surface area contributed by atoms with Crippen LogP contribution in [-0.2, 0) is 7.05 Å². The maximum atomic E-state index is 12.5. The van der Waals surface area contributed by atoms with Crippen LogP contribution in [0.5, 0.6) is 0 Å². The van der Waals surface area contributed by atoms with E-state index in [0.717, 1.165) is 5.52 Å². The number of imidazole rings is 1. The second kappa shape index (κ2) is 6.67. The number of thioether (sulfide) groups is 1. The number of alkyl halides is 3. The lowest BCUT2D eigenvalue weighted by atomic mass is 10.2. The van der Waals surface area contributed by atoms with Gasteiger partial charge in [-0.3, -0.25) is 0 Å². The highest BCUT2D eigenvalue weighted by Crippen LogP contribution is 2.39. The summed E-state index contributed by atoms with van der Waals surface area (Å²) in [5.74, 6) is -0.595. The van der Waals surface area contributed by atoms with E-state index in [-0.39, 0.29) is 22.2 Å². The van der Waals surface area contributed by atoms with Crippen LogP contribution < -0.4 is 5.32 Å². The number of hydrogen-bond acceptors (Lipinski definition) is 6. The van der Waals surface area contributed by atoms with Gasteiger partial charge in [-0.2, -0.15) is 13.2 Å². The Kier molecular flexibility index (Phi) is 4.42. The first-order valence-electron chi connectivity index (χ1n) is 7.83. The van der Waals surface area contributed by atoms with Crippen molar-refractivity contribution in [2.24, 2.45) is 7.05 Å². The highest BCUT2D eigenvalue weighted by molar-refractivity contribution is 8.00. The van der Waals surface area contributed by atoms with E-state index in [1.807, 2.05) is 0 Å². The van der Waals surface area contributed by atoms with Crippen molar-refractivity contribution in [3.63, 3.8) is 0 Å². The number of hydrogen-bond donors (Lipinski definition) is 2. The molecule has 0 fully saturated rings. The molecule has 28 heavy (non-hydrogen) atoms. The fourth-order valence-corrected chi connectivity index (χ4v) is 4.25. The molecule has 0 saturated carbocycles. The molecule has 0 saturated heterocycles. The molecule has 4 aromatic rings. The normalized spacial score (nSPS) is 12.0. The number of nitrogens with zero attached hydrogens (tertiary/aromatic N) is 3. The Morgan fingerprint density at radius 3 is 2.68 bits per heavy atom. The van der Waals surface area contributed by atoms with Gasteiger partial charge in [0.25, 0.3) is 0 Å². The lowest BCUT2D eigenvalue weighted by molar-refractivity contribution is -0.0328. The maximum Gasteiger partial charge on any atom is 0.446 e. The number of anilines is 2. The zero-order valence-electron chi connectivity index (χ0n) is 14.1. The molecule has 4 rings (SSSR count). The van der Waals surface area contributed by atoms with E-state index >= 15 is 0 Å². The monoisotopic (exact) mass is 424 g/mol. The number of benzene rings is 2. The Bertz CT molecular complexity index is 1220. The van der Waals surface area contributed by atoms with Gasteiger partial charge in [0, 0.05) is 11.9 Å². The maximum absolute atomic E-state index is 12.5. The van der Waals surface area contributed by atoms with Crippen LogP contribution in [0.1, 0.15) is 10.4 Å². The highest BCUT2D eigenvalue weighted by atomic mass is 32.2. The molecule has 0 unspecified atom stereocenters. The van der Waals surface area contributed by atoms with Crippen LogP contribution in [0.2, 0.25) is 0 Å². The first-order valence-corrected chi connectivity index (χ1v) is 9.46. The van der Waals surface area contributed by atoms with Crippen molar-refractivity contribution in [1.29, 1.82) is 0 Å². The van der Waals surface area contributed by atoms with Gasteiger partial charge < -0.3 is 15.0 Å². The van der Waals surface area contributed by atoms with Gasteiger partial charge in [-0.05, 0) is 48.2 Å². The minimum Gasteiger partial charge on any atom is -0.478 e. The largest absolute Gasteiger partial charge is 0.478 e. The van der Waals surface area contributed by atoms with Gasteiger partial charge in [-0.25, -0.2) is 14.8 Å². The minimum atomic E-state index is -4.35. The molecule has 144 valence electrons. The standard InChI is InChI=1S/C17H11F3N4O2S2/c1-24-12-5-2-8(14(25)26)6-11(12)21-15(24)23-16-22-10-4-3-9(7-13(10)27-16)28-17(18,19)20/h2-7H,1H3,(H,25,26)(H,21,22,23). The van der Waals surface area contributed by atoms with Crippen LogP contribution in [0.15, 0.2) is 41.3 Å². The minimum absolute atomic E-state index is 0.0964. The predicted octanol–water partition coefficient (Wildman–Crippen LogP) is 5.24. The summed E-state index contributed by atoms with van der Waals surface area (Å²) >= 11 is 1.04. The molecule has 2 aromatic carbocycles. The number of halogens is 3. The van der Waals surface area contributed by atoms with Crippen LogP contribution in [0.3, 0.4) is 0 Å². The molecule has 0 radical (unpaired) electrons. The lowest BCUT2D eigenvalue weighted by Gasteiger charge is -2.04. The van der Waals surface area contributed by atoms with Crippen molar-refractivity contribution in [1.82, 2.24) is 14.5 Å². The van der Waals surface area contributed by atoms with Crippen molar-refractivity contribution >= 4 is 61.4 Å². The molecular weight excluding hydrogens is 413 g/mol. The van der Waals surface area contributed by atoms with Gasteiger partial charge in [0.15, 0.2) is 5.13 Å². The zero-order valence-corrected chi connectivity index (χ0v) is 15.7. The van der Waals surface area contributed by atoms with Crippen molar-refractivity contribution in [3.8, 4) is 0 Å². The van der Waals surface area contributed by atoms with Crippen molar-refractivity contribution in [2.45, 2.75) is 10.4 Å². The molecule has 0 aliphatic rings. The summed E-state index contributed by atoms with van der Waals surface area (Å²) in [6.45, 7) is 0. The summed E-state index contributed by atoms with van der Waals surface area (Å²) in [4.78, 5) is 20.0. The number of fused-ring (bicyclic) bond motifs is 2. The van der Waals surface area contributed by atoms with E-state index in [1.165, 1.54) is 35.6 Å². The number of carboxylic acids is 1. The molecular formula is C17H11F3N4O2S2. The fraction of sp³-hybridized carbons (Fsp3) is 0.118. The second-order valence-corrected chi connectivity index (χ2v) is 7.99. The Morgan fingerprint density at radius 1 is 1.18 bits per heavy atom. The Balaban J connectivity index is 1.66. The summed E-state index contributed by atoms with van der Waals surface area (Å²) in [5.41, 5.74) is -2.40. The predicted molar refractivity (Wildman–Crippen MR) is 102 cm³/mol. The van der Waals surface area contributed by atoms with E-state index in [4.69, 9.17) is 5.11 Å². The van der Waals surface area contributed by atoms with E-state index in [2.05, 4.69) is 15.3 Å². The number of carbonyl (C=O) groups is 1. The van der Waals surface area contributed by atoms with Crippen molar-refractivity contribution in [3.05, 3.63) is 42.0 Å². The van der Waals surface area contributed by atoms with Crippen LogP contribution >= 0.6 is 23.1 Å². The molecule has 0 aliphatic heterocycles. The first-order chi connectivity index (χ1) is 13.2.